The molecule has 2 unspecified atom stereocenters. The van der Waals surface area contributed by atoms with Gasteiger partial charge in [0.15, 0.2) is 0 Å². The third kappa shape index (κ3) is 5.38. The lowest BCUT2D eigenvalue weighted by molar-refractivity contribution is -0.142. The molecule has 0 aromatic carbocycles. The van der Waals surface area contributed by atoms with Gasteiger partial charge in [-0.3, -0.25) is 4.79 Å². The minimum atomic E-state index is -0.865. The van der Waals surface area contributed by atoms with Gasteiger partial charge in [-0.15, -0.1) is 0 Å². The van der Waals surface area contributed by atoms with Gasteiger partial charge in [0.2, 0.25) is 0 Å². The van der Waals surface area contributed by atoms with E-state index in [1.54, 1.807) is 0 Å². The maximum absolute atomic E-state index is 11.6. The maximum Gasteiger partial charge on any atom is 0.315 e. The van der Waals surface area contributed by atoms with Gasteiger partial charge < -0.3 is 15.7 Å². The Labute approximate surface area is 108 Å². The van der Waals surface area contributed by atoms with Gasteiger partial charge in [-0.1, -0.05) is 26.7 Å². The SMILES string of the molecule is CC(CC1CC1)NC(=O)NCC(C(=O)O)C(C)C. The number of aliphatic carboxylic acids is 1. The van der Waals surface area contributed by atoms with Crippen LogP contribution in [-0.2, 0) is 4.79 Å². The van der Waals surface area contributed by atoms with Gasteiger partial charge >= 0.3 is 12.0 Å². The van der Waals surface area contributed by atoms with Crippen molar-refractivity contribution >= 4 is 12.0 Å². The molecule has 104 valence electrons. The number of carbonyl (C=O) groups excluding carboxylic acids is 1. The lowest BCUT2D eigenvalue weighted by atomic mass is 9.96. The summed E-state index contributed by atoms with van der Waals surface area (Å²) in [6.45, 7) is 5.84. The number of carboxylic acids is 1. The second kappa shape index (κ2) is 6.61. The van der Waals surface area contributed by atoms with Gasteiger partial charge in [0.05, 0.1) is 5.92 Å². The van der Waals surface area contributed by atoms with Gasteiger partial charge in [0, 0.05) is 12.6 Å². The zero-order valence-corrected chi connectivity index (χ0v) is 11.4. The van der Waals surface area contributed by atoms with Crippen molar-refractivity contribution in [2.75, 3.05) is 6.54 Å². The van der Waals surface area contributed by atoms with Crippen molar-refractivity contribution in [2.45, 2.75) is 46.1 Å². The lowest BCUT2D eigenvalue weighted by Gasteiger charge is -2.18. The Balaban J connectivity index is 2.23. The van der Waals surface area contributed by atoms with E-state index >= 15 is 0 Å². The average molecular weight is 256 g/mol. The third-order valence-electron chi connectivity index (χ3n) is 3.37. The summed E-state index contributed by atoms with van der Waals surface area (Å²) in [5.41, 5.74) is 0. The van der Waals surface area contributed by atoms with Crippen LogP contribution in [0.2, 0.25) is 0 Å². The van der Waals surface area contributed by atoms with E-state index in [0.29, 0.717) is 0 Å². The normalized spacial score (nSPS) is 18.2. The maximum atomic E-state index is 11.6. The molecule has 0 saturated heterocycles. The summed E-state index contributed by atoms with van der Waals surface area (Å²) in [6.07, 6.45) is 3.55. The lowest BCUT2D eigenvalue weighted by Crippen LogP contribution is -2.44. The molecule has 1 aliphatic carbocycles. The average Bonchev–Trinajstić information content (AvgIpc) is 3.00. The van der Waals surface area contributed by atoms with Crippen molar-refractivity contribution in [2.24, 2.45) is 17.8 Å². The zero-order valence-electron chi connectivity index (χ0n) is 11.4. The largest absolute Gasteiger partial charge is 0.481 e. The first kappa shape index (κ1) is 14.8. The summed E-state index contributed by atoms with van der Waals surface area (Å²) in [4.78, 5) is 22.5. The van der Waals surface area contributed by atoms with Crippen LogP contribution in [0.4, 0.5) is 4.79 Å². The topological polar surface area (TPSA) is 78.4 Å². The van der Waals surface area contributed by atoms with Crippen LogP contribution in [0.1, 0.15) is 40.0 Å². The summed E-state index contributed by atoms with van der Waals surface area (Å²) in [5.74, 6) is -0.625. The summed E-state index contributed by atoms with van der Waals surface area (Å²) in [6, 6.07) is -0.116. The van der Waals surface area contributed by atoms with E-state index in [0.717, 1.165) is 12.3 Å². The second-order valence-electron chi connectivity index (χ2n) is 5.62. The molecule has 1 aliphatic rings. The Morgan fingerprint density at radius 2 is 1.89 bits per heavy atom. The number of hydrogen-bond acceptors (Lipinski definition) is 2. The Morgan fingerprint density at radius 1 is 1.28 bits per heavy atom. The van der Waals surface area contributed by atoms with Crippen LogP contribution >= 0.6 is 0 Å². The molecule has 0 spiro atoms. The Hall–Kier alpha value is -1.26. The van der Waals surface area contributed by atoms with Crippen molar-refractivity contribution in [3.63, 3.8) is 0 Å². The van der Waals surface area contributed by atoms with Gasteiger partial charge in [-0.25, -0.2) is 4.79 Å². The van der Waals surface area contributed by atoms with E-state index in [1.807, 2.05) is 20.8 Å². The molecule has 0 aromatic rings. The molecule has 5 nitrogen and oxygen atoms in total. The molecule has 0 aliphatic heterocycles. The predicted molar refractivity (Wildman–Crippen MR) is 69.3 cm³/mol. The Morgan fingerprint density at radius 3 is 2.33 bits per heavy atom. The van der Waals surface area contributed by atoms with Crippen molar-refractivity contribution in [3.05, 3.63) is 0 Å². The molecule has 1 fully saturated rings. The number of hydrogen-bond donors (Lipinski definition) is 3. The van der Waals surface area contributed by atoms with Crippen molar-refractivity contribution in [1.82, 2.24) is 10.6 Å². The van der Waals surface area contributed by atoms with Gasteiger partial charge in [-0.2, -0.15) is 0 Å². The van der Waals surface area contributed by atoms with Gasteiger partial charge in [0.1, 0.15) is 0 Å². The molecule has 1 rings (SSSR count). The van der Waals surface area contributed by atoms with E-state index in [2.05, 4.69) is 10.6 Å². The summed E-state index contributed by atoms with van der Waals surface area (Å²) >= 11 is 0. The van der Waals surface area contributed by atoms with Crippen molar-refractivity contribution in [3.8, 4) is 0 Å². The zero-order chi connectivity index (χ0) is 13.7. The fraction of sp³-hybridized carbons (Fsp3) is 0.846. The molecular weight excluding hydrogens is 232 g/mol. The Bertz CT molecular complexity index is 301. The van der Waals surface area contributed by atoms with E-state index in [4.69, 9.17) is 5.11 Å². The molecule has 0 radical (unpaired) electrons. The van der Waals surface area contributed by atoms with Crippen LogP contribution in [0, 0.1) is 17.8 Å². The number of urea groups is 1. The third-order valence-corrected chi connectivity index (χ3v) is 3.37. The first-order valence-corrected chi connectivity index (χ1v) is 6.67. The monoisotopic (exact) mass is 256 g/mol. The summed E-state index contributed by atoms with van der Waals surface area (Å²) in [5, 5.41) is 14.5. The number of rotatable bonds is 7. The number of carbonyl (C=O) groups is 2. The number of amides is 2. The molecule has 18 heavy (non-hydrogen) atoms. The van der Waals surface area contributed by atoms with Crippen LogP contribution < -0.4 is 10.6 Å². The Kier molecular flexibility index (Phi) is 5.44. The van der Waals surface area contributed by atoms with E-state index in [1.165, 1.54) is 12.8 Å². The predicted octanol–water partition coefficient (Wildman–Crippen LogP) is 1.83. The van der Waals surface area contributed by atoms with E-state index in [-0.39, 0.29) is 24.5 Å². The number of carboxylic acid groups (broad SMARTS) is 1. The minimum absolute atomic E-state index is 0.00619. The molecule has 3 N–H and O–H groups in total. The first-order chi connectivity index (χ1) is 8.40. The molecule has 5 heteroatoms. The molecule has 0 heterocycles. The summed E-state index contributed by atoms with van der Waals surface area (Å²) in [7, 11) is 0. The molecule has 0 bridgehead atoms. The van der Waals surface area contributed by atoms with Crippen LogP contribution in [0.5, 0.6) is 0 Å². The highest BCUT2D eigenvalue weighted by Gasteiger charge is 2.25. The molecule has 1 saturated carbocycles. The minimum Gasteiger partial charge on any atom is -0.481 e. The van der Waals surface area contributed by atoms with Crippen molar-refractivity contribution < 1.29 is 14.7 Å². The first-order valence-electron chi connectivity index (χ1n) is 6.67. The molecule has 0 aromatic heterocycles. The highest BCUT2D eigenvalue weighted by atomic mass is 16.4. The van der Waals surface area contributed by atoms with E-state index < -0.39 is 11.9 Å². The molecular formula is C13H24N2O3. The van der Waals surface area contributed by atoms with Gasteiger partial charge in [-0.05, 0) is 25.2 Å². The summed E-state index contributed by atoms with van der Waals surface area (Å²) < 4.78 is 0. The van der Waals surface area contributed by atoms with Crippen LogP contribution in [0.25, 0.3) is 0 Å². The molecule has 2 atom stereocenters. The molecule has 2 amide bonds. The standard InChI is InChI=1S/C13H24N2O3/c1-8(2)11(12(16)17)7-14-13(18)15-9(3)6-10-4-5-10/h8-11H,4-7H2,1-3H3,(H,16,17)(H2,14,15,18). The number of nitrogens with one attached hydrogen (secondary N) is 2. The van der Waals surface area contributed by atoms with Crippen LogP contribution in [0.3, 0.4) is 0 Å². The van der Waals surface area contributed by atoms with Crippen LogP contribution in [-0.4, -0.2) is 29.7 Å². The smallest absolute Gasteiger partial charge is 0.315 e. The highest BCUT2D eigenvalue weighted by molar-refractivity contribution is 5.76. The van der Waals surface area contributed by atoms with E-state index in [9.17, 15) is 9.59 Å². The van der Waals surface area contributed by atoms with Crippen LogP contribution in [0.15, 0.2) is 0 Å². The quantitative estimate of drug-likeness (QED) is 0.650. The van der Waals surface area contributed by atoms with Crippen molar-refractivity contribution in [1.29, 1.82) is 0 Å². The van der Waals surface area contributed by atoms with Gasteiger partial charge in [0.25, 0.3) is 0 Å². The fourth-order valence-corrected chi connectivity index (χ4v) is 2.00. The second-order valence-corrected chi connectivity index (χ2v) is 5.62. The fourth-order valence-electron chi connectivity index (χ4n) is 2.00. The highest BCUT2D eigenvalue weighted by Crippen LogP contribution is 2.33.